The summed E-state index contributed by atoms with van der Waals surface area (Å²) >= 11 is 2.98. The van der Waals surface area contributed by atoms with E-state index in [0.29, 0.717) is 13.1 Å². The number of hydrogen-bond acceptors (Lipinski definition) is 4. The Balaban J connectivity index is 1.92. The normalized spacial score (nSPS) is 13.9. The van der Waals surface area contributed by atoms with Crippen LogP contribution in [0.1, 0.15) is 12.8 Å². The molecule has 0 heterocycles. The molecule has 0 aliphatic heterocycles. The van der Waals surface area contributed by atoms with Crippen LogP contribution in [0.4, 0.5) is 15.8 Å². The summed E-state index contributed by atoms with van der Waals surface area (Å²) in [6.45, 7) is 0.693. The largest absolute Gasteiger partial charge is 0.378 e. The molecule has 1 aliphatic rings. The number of amides is 1. The number of anilines is 1. The lowest BCUT2D eigenvalue weighted by atomic mass is 10.2. The first-order valence-corrected chi connectivity index (χ1v) is 6.93. The van der Waals surface area contributed by atoms with E-state index >= 15 is 0 Å². The topological polar surface area (TPSA) is 84.3 Å². The van der Waals surface area contributed by atoms with Crippen molar-refractivity contribution < 1.29 is 14.1 Å². The number of nitrogens with zero attached hydrogens (tertiary/aromatic N) is 1. The molecule has 2 N–H and O–H groups in total. The Bertz CT molecular complexity index is 549. The van der Waals surface area contributed by atoms with E-state index in [0.717, 1.165) is 18.9 Å². The summed E-state index contributed by atoms with van der Waals surface area (Å²) in [7, 11) is 0. The number of carbonyl (C=O) groups excluding carboxylic acids is 1. The first-order valence-electron chi connectivity index (χ1n) is 6.14. The number of carbonyl (C=O) groups is 1. The van der Waals surface area contributed by atoms with Gasteiger partial charge in [0.2, 0.25) is 5.91 Å². The molecular weight excluding hydrogens is 333 g/mol. The second-order valence-electron chi connectivity index (χ2n) is 4.53. The molecule has 0 spiro atoms. The predicted molar refractivity (Wildman–Crippen MR) is 75.0 cm³/mol. The molecule has 2 rings (SSSR count). The molecule has 108 valence electrons. The molecular formula is C12H13BrFN3O3. The third kappa shape index (κ3) is 3.66. The van der Waals surface area contributed by atoms with Crippen molar-refractivity contribution in [2.75, 3.05) is 18.4 Å². The minimum Gasteiger partial charge on any atom is -0.378 e. The average Bonchev–Trinajstić information content (AvgIpc) is 3.22. The molecule has 0 unspecified atom stereocenters. The van der Waals surface area contributed by atoms with E-state index in [1.807, 2.05) is 0 Å². The highest BCUT2D eigenvalue weighted by Crippen LogP contribution is 2.30. The minimum absolute atomic E-state index is 0.0154. The van der Waals surface area contributed by atoms with Crippen molar-refractivity contribution in [1.82, 2.24) is 5.32 Å². The third-order valence-electron chi connectivity index (χ3n) is 2.92. The van der Waals surface area contributed by atoms with Gasteiger partial charge < -0.3 is 10.6 Å². The van der Waals surface area contributed by atoms with Crippen molar-refractivity contribution in [1.29, 1.82) is 0 Å². The van der Waals surface area contributed by atoms with Crippen LogP contribution in [0.3, 0.4) is 0 Å². The van der Waals surface area contributed by atoms with Gasteiger partial charge >= 0.3 is 0 Å². The molecule has 0 bridgehead atoms. The summed E-state index contributed by atoms with van der Waals surface area (Å²) < 4.78 is 13.4. The van der Waals surface area contributed by atoms with Crippen LogP contribution >= 0.6 is 15.9 Å². The van der Waals surface area contributed by atoms with Gasteiger partial charge in [0.1, 0.15) is 11.5 Å². The molecule has 1 aliphatic carbocycles. The zero-order chi connectivity index (χ0) is 14.7. The van der Waals surface area contributed by atoms with Gasteiger partial charge in [0.25, 0.3) is 5.69 Å². The number of nitro groups is 1. The summed E-state index contributed by atoms with van der Waals surface area (Å²) in [5, 5.41) is 16.4. The van der Waals surface area contributed by atoms with Crippen LogP contribution in [0.5, 0.6) is 0 Å². The Morgan fingerprint density at radius 2 is 2.15 bits per heavy atom. The maximum absolute atomic E-state index is 13.3. The van der Waals surface area contributed by atoms with Crippen molar-refractivity contribution in [3.63, 3.8) is 0 Å². The fourth-order valence-corrected chi connectivity index (χ4v) is 2.05. The van der Waals surface area contributed by atoms with E-state index in [-0.39, 0.29) is 27.7 Å². The van der Waals surface area contributed by atoms with E-state index in [1.165, 1.54) is 6.07 Å². The Labute approximate surface area is 123 Å². The first-order chi connectivity index (χ1) is 9.49. The lowest BCUT2D eigenvalue weighted by molar-refractivity contribution is -0.384. The molecule has 1 amide bonds. The van der Waals surface area contributed by atoms with Crippen LogP contribution in [0.2, 0.25) is 0 Å². The van der Waals surface area contributed by atoms with Gasteiger partial charge in [0.05, 0.1) is 15.5 Å². The van der Waals surface area contributed by atoms with E-state index in [9.17, 15) is 19.3 Å². The molecule has 8 heteroatoms. The van der Waals surface area contributed by atoms with E-state index in [4.69, 9.17) is 0 Å². The molecule has 0 saturated heterocycles. The Morgan fingerprint density at radius 3 is 2.75 bits per heavy atom. The zero-order valence-electron chi connectivity index (χ0n) is 10.5. The lowest BCUT2D eigenvalue weighted by Gasteiger charge is -2.09. The van der Waals surface area contributed by atoms with Crippen molar-refractivity contribution in [3.05, 3.63) is 32.5 Å². The maximum Gasteiger partial charge on any atom is 0.295 e. The number of hydrogen-bond donors (Lipinski definition) is 2. The Hall–Kier alpha value is -1.70. The average molecular weight is 346 g/mol. The SMILES string of the molecule is O=C(NCCNc1cc(Br)c(F)cc1[N+](=O)[O-])C1CC1. The summed E-state index contributed by atoms with van der Waals surface area (Å²) in [5.41, 5.74) is -0.122. The highest BCUT2D eigenvalue weighted by molar-refractivity contribution is 9.10. The van der Waals surface area contributed by atoms with Crippen LogP contribution in [-0.2, 0) is 4.79 Å². The number of benzene rings is 1. The van der Waals surface area contributed by atoms with Crippen molar-refractivity contribution >= 4 is 33.2 Å². The van der Waals surface area contributed by atoms with Crippen LogP contribution in [-0.4, -0.2) is 23.9 Å². The first kappa shape index (κ1) is 14.7. The summed E-state index contributed by atoms with van der Waals surface area (Å²) in [6.07, 6.45) is 1.85. The Morgan fingerprint density at radius 1 is 1.45 bits per heavy atom. The van der Waals surface area contributed by atoms with Gasteiger partial charge in [-0.15, -0.1) is 0 Å². The van der Waals surface area contributed by atoms with Gasteiger partial charge in [-0.3, -0.25) is 14.9 Å². The van der Waals surface area contributed by atoms with Crippen LogP contribution < -0.4 is 10.6 Å². The molecule has 1 saturated carbocycles. The highest BCUT2D eigenvalue weighted by Gasteiger charge is 2.29. The van der Waals surface area contributed by atoms with Gasteiger partial charge in [0.15, 0.2) is 0 Å². The number of rotatable bonds is 6. The monoisotopic (exact) mass is 345 g/mol. The van der Waals surface area contributed by atoms with Gasteiger partial charge in [0, 0.05) is 19.0 Å². The van der Waals surface area contributed by atoms with E-state index < -0.39 is 10.7 Å². The zero-order valence-corrected chi connectivity index (χ0v) is 12.1. The molecule has 1 aromatic rings. The molecule has 0 radical (unpaired) electrons. The third-order valence-corrected chi connectivity index (χ3v) is 3.53. The van der Waals surface area contributed by atoms with Crippen LogP contribution in [0.15, 0.2) is 16.6 Å². The second-order valence-corrected chi connectivity index (χ2v) is 5.39. The maximum atomic E-state index is 13.3. The smallest absolute Gasteiger partial charge is 0.295 e. The van der Waals surface area contributed by atoms with Crippen LogP contribution in [0, 0.1) is 21.8 Å². The number of nitro benzene ring substituents is 1. The number of nitrogens with one attached hydrogen (secondary N) is 2. The standard InChI is InChI=1S/C12H13BrFN3O3/c13-8-5-10(11(17(19)20)6-9(8)14)15-3-4-16-12(18)7-1-2-7/h5-7,15H,1-4H2,(H,16,18). The Kier molecular flexibility index (Phi) is 4.53. The van der Waals surface area contributed by atoms with Gasteiger partial charge in [-0.05, 0) is 34.8 Å². The predicted octanol–water partition coefficient (Wildman–Crippen LogP) is 2.43. The van der Waals surface area contributed by atoms with Crippen molar-refractivity contribution in [2.45, 2.75) is 12.8 Å². The van der Waals surface area contributed by atoms with Crippen LogP contribution in [0.25, 0.3) is 0 Å². The summed E-state index contributed by atoms with van der Waals surface area (Å²) in [6, 6.07) is 2.17. The molecule has 6 nitrogen and oxygen atoms in total. The number of halogens is 2. The van der Waals surface area contributed by atoms with Crippen molar-refractivity contribution in [3.8, 4) is 0 Å². The fraction of sp³-hybridized carbons (Fsp3) is 0.417. The second kappa shape index (κ2) is 6.17. The molecule has 1 aromatic carbocycles. The highest BCUT2D eigenvalue weighted by atomic mass is 79.9. The van der Waals surface area contributed by atoms with E-state index in [1.54, 1.807) is 0 Å². The summed E-state index contributed by atoms with van der Waals surface area (Å²) in [4.78, 5) is 21.6. The minimum atomic E-state index is -0.690. The summed E-state index contributed by atoms with van der Waals surface area (Å²) in [5.74, 6) is -0.546. The van der Waals surface area contributed by atoms with Crippen molar-refractivity contribution in [2.24, 2.45) is 5.92 Å². The molecule has 0 atom stereocenters. The lowest BCUT2D eigenvalue weighted by Crippen LogP contribution is -2.29. The molecule has 0 aromatic heterocycles. The molecule has 1 fully saturated rings. The van der Waals surface area contributed by atoms with E-state index in [2.05, 4.69) is 26.6 Å². The fourth-order valence-electron chi connectivity index (χ4n) is 1.70. The van der Waals surface area contributed by atoms with Gasteiger partial charge in [-0.25, -0.2) is 4.39 Å². The quantitative estimate of drug-likeness (QED) is 0.471. The molecule has 20 heavy (non-hydrogen) atoms. The van der Waals surface area contributed by atoms with Gasteiger partial charge in [-0.1, -0.05) is 0 Å². The van der Waals surface area contributed by atoms with Gasteiger partial charge in [-0.2, -0.15) is 0 Å².